The third-order valence-electron chi connectivity index (χ3n) is 4.23. The van der Waals surface area contributed by atoms with Gasteiger partial charge in [-0.05, 0) is 40.0 Å². The standard InChI is InChI=1S/C20H20BrN5O4/c1-29-15-9-13(18-19(20(22)28)25-26-24-18)14(21)10-16(15)30-11-17(27)23-8-7-12-5-3-2-4-6-12/h2-6,9-10H,7-8,11H2,1H3,(H2,22,28)(H,23,27)(H,24,25,26). The van der Waals surface area contributed by atoms with Crippen molar-refractivity contribution in [2.75, 3.05) is 20.3 Å². The SMILES string of the molecule is COc1cc(-c2n[nH]nc2C(N)=O)c(Br)cc1OCC(=O)NCCc1ccccc1. The van der Waals surface area contributed by atoms with Gasteiger partial charge < -0.3 is 20.5 Å². The van der Waals surface area contributed by atoms with Gasteiger partial charge in [0.25, 0.3) is 11.8 Å². The Kier molecular flexibility index (Phi) is 7.02. The van der Waals surface area contributed by atoms with E-state index in [4.69, 9.17) is 15.2 Å². The number of nitrogens with one attached hydrogen (secondary N) is 2. The van der Waals surface area contributed by atoms with Gasteiger partial charge in [0.05, 0.1) is 7.11 Å². The zero-order valence-corrected chi connectivity index (χ0v) is 17.7. The second-order valence-electron chi connectivity index (χ2n) is 6.24. The second-order valence-corrected chi connectivity index (χ2v) is 7.10. The van der Waals surface area contributed by atoms with Gasteiger partial charge in [0.2, 0.25) is 0 Å². The topological polar surface area (TPSA) is 132 Å². The van der Waals surface area contributed by atoms with Crippen LogP contribution in [0.25, 0.3) is 11.3 Å². The van der Waals surface area contributed by atoms with Crippen molar-refractivity contribution in [1.29, 1.82) is 0 Å². The summed E-state index contributed by atoms with van der Waals surface area (Å²) in [6, 6.07) is 13.1. The lowest BCUT2D eigenvalue weighted by Gasteiger charge is -2.13. The predicted octanol–water partition coefficient (Wildman–Crippen LogP) is 2.08. The number of halogens is 1. The average Bonchev–Trinajstić information content (AvgIpc) is 3.23. The number of benzene rings is 2. The molecule has 1 aromatic heterocycles. The smallest absolute Gasteiger partial charge is 0.271 e. The van der Waals surface area contributed by atoms with E-state index >= 15 is 0 Å². The van der Waals surface area contributed by atoms with E-state index in [1.807, 2.05) is 30.3 Å². The number of methoxy groups -OCH3 is 1. The molecule has 0 saturated carbocycles. The summed E-state index contributed by atoms with van der Waals surface area (Å²) in [7, 11) is 1.47. The van der Waals surface area contributed by atoms with Crippen molar-refractivity contribution in [3.05, 3.63) is 58.2 Å². The lowest BCUT2D eigenvalue weighted by atomic mass is 10.1. The van der Waals surface area contributed by atoms with Crippen LogP contribution in [0.1, 0.15) is 16.1 Å². The van der Waals surface area contributed by atoms with Crippen molar-refractivity contribution in [1.82, 2.24) is 20.7 Å². The third-order valence-corrected chi connectivity index (χ3v) is 4.88. The fourth-order valence-electron chi connectivity index (χ4n) is 2.76. The lowest BCUT2D eigenvalue weighted by molar-refractivity contribution is -0.123. The molecular weight excluding hydrogens is 454 g/mol. The van der Waals surface area contributed by atoms with Crippen LogP contribution in [0.15, 0.2) is 46.9 Å². The van der Waals surface area contributed by atoms with Crippen LogP contribution in [0, 0.1) is 0 Å². The van der Waals surface area contributed by atoms with E-state index in [0.717, 1.165) is 12.0 Å². The Balaban J connectivity index is 1.64. The highest BCUT2D eigenvalue weighted by Crippen LogP contribution is 2.38. The second kappa shape index (κ2) is 9.88. The molecule has 0 aliphatic rings. The maximum Gasteiger partial charge on any atom is 0.271 e. The Morgan fingerprint density at radius 3 is 2.63 bits per heavy atom. The Bertz CT molecular complexity index is 1040. The van der Waals surface area contributed by atoms with Crippen molar-refractivity contribution in [2.45, 2.75) is 6.42 Å². The minimum absolute atomic E-state index is 0.00390. The Labute approximate surface area is 181 Å². The van der Waals surface area contributed by atoms with Crippen molar-refractivity contribution in [2.24, 2.45) is 5.73 Å². The molecule has 0 saturated heterocycles. The first kappa shape index (κ1) is 21.3. The van der Waals surface area contributed by atoms with Crippen LogP contribution in [0.5, 0.6) is 11.5 Å². The number of ether oxygens (including phenoxy) is 2. The molecule has 10 heteroatoms. The van der Waals surface area contributed by atoms with Gasteiger partial charge in [-0.1, -0.05) is 30.3 Å². The average molecular weight is 474 g/mol. The summed E-state index contributed by atoms with van der Waals surface area (Å²) in [5, 5.41) is 12.9. The highest BCUT2D eigenvalue weighted by molar-refractivity contribution is 9.10. The quantitative estimate of drug-likeness (QED) is 0.435. The first-order chi connectivity index (χ1) is 14.5. The van der Waals surface area contributed by atoms with E-state index in [1.165, 1.54) is 7.11 Å². The zero-order valence-electron chi connectivity index (χ0n) is 16.1. The van der Waals surface area contributed by atoms with Gasteiger partial charge in [-0.15, -0.1) is 0 Å². The maximum atomic E-state index is 12.1. The molecule has 2 aromatic carbocycles. The zero-order chi connectivity index (χ0) is 21.5. The molecule has 0 spiro atoms. The van der Waals surface area contributed by atoms with E-state index in [1.54, 1.807) is 12.1 Å². The first-order valence-corrected chi connectivity index (χ1v) is 9.80. The summed E-state index contributed by atoms with van der Waals surface area (Å²) in [6.07, 6.45) is 0.732. The summed E-state index contributed by atoms with van der Waals surface area (Å²) in [4.78, 5) is 23.6. The molecule has 0 unspecified atom stereocenters. The summed E-state index contributed by atoms with van der Waals surface area (Å²) in [5.41, 5.74) is 7.29. The molecule has 4 N–H and O–H groups in total. The number of aromatic amines is 1. The summed E-state index contributed by atoms with van der Waals surface area (Å²) < 4.78 is 11.5. The molecule has 30 heavy (non-hydrogen) atoms. The molecule has 0 bridgehead atoms. The number of amides is 2. The van der Waals surface area contributed by atoms with E-state index in [2.05, 4.69) is 36.7 Å². The molecule has 2 amide bonds. The number of aromatic nitrogens is 3. The fraction of sp³-hybridized carbons (Fsp3) is 0.200. The van der Waals surface area contributed by atoms with E-state index in [-0.39, 0.29) is 23.9 Å². The summed E-state index contributed by atoms with van der Waals surface area (Å²) in [5.74, 6) is -0.239. The molecule has 0 radical (unpaired) electrons. The van der Waals surface area contributed by atoms with Crippen LogP contribution >= 0.6 is 15.9 Å². The lowest BCUT2D eigenvalue weighted by Crippen LogP contribution is -2.30. The van der Waals surface area contributed by atoms with E-state index in [0.29, 0.717) is 28.1 Å². The van der Waals surface area contributed by atoms with Crippen LogP contribution in [0.4, 0.5) is 0 Å². The van der Waals surface area contributed by atoms with Gasteiger partial charge in [-0.2, -0.15) is 15.4 Å². The van der Waals surface area contributed by atoms with Gasteiger partial charge in [-0.3, -0.25) is 9.59 Å². The van der Waals surface area contributed by atoms with Crippen molar-refractivity contribution in [3.8, 4) is 22.8 Å². The largest absolute Gasteiger partial charge is 0.493 e. The third kappa shape index (κ3) is 5.15. The molecule has 3 aromatic rings. The Hall–Kier alpha value is -3.40. The summed E-state index contributed by atoms with van der Waals surface area (Å²) >= 11 is 3.42. The Morgan fingerprint density at radius 2 is 1.93 bits per heavy atom. The normalized spacial score (nSPS) is 10.5. The predicted molar refractivity (Wildman–Crippen MR) is 113 cm³/mol. The summed E-state index contributed by atoms with van der Waals surface area (Å²) in [6.45, 7) is 0.335. The molecule has 3 rings (SSSR count). The number of nitrogens with two attached hydrogens (primary N) is 1. The molecular formula is C20H20BrN5O4. The number of nitrogens with zero attached hydrogens (tertiary/aromatic N) is 2. The van der Waals surface area contributed by atoms with Gasteiger partial charge in [0, 0.05) is 16.6 Å². The molecule has 0 fully saturated rings. The highest BCUT2D eigenvalue weighted by Gasteiger charge is 2.20. The van der Waals surface area contributed by atoms with Gasteiger partial charge >= 0.3 is 0 Å². The number of hydrogen-bond acceptors (Lipinski definition) is 6. The molecule has 0 aliphatic heterocycles. The van der Waals surface area contributed by atoms with Gasteiger partial charge in [0.15, 0.2) is 23.8 Å². The van der Waals surface area contributed by atoms with Crippen LogP contribution in [0.2, 0.25) is 0 Å². The Morgan fingerprint density at radius 1 is 1.17 bits per heavy atom. The number of rotatable bonds is 9. The molecule has 0 aliphatic carbocycles. The number of carbonyl (C=O) groups is 2. The molecule has 156 valence electrons. The first-order valence-electron chi connectivity index (χ1n) is 9.01. The monoisotopic (exact) mass is 473 g/mol. The fourth-order valence-corrected chi connectivity index (χ4v) is 3.27. The van der Waals surface area contributed by atoms with Crippen LogP contribution < -0.4 is 20.5 Å². The van der Waals surface area contributed by atoms with Gasteiger partial charge in [0.1, 0.15) is 5.69 Å². The highest BCUT2D eigenvalue weighted by atomic mass is 79.9. The van der Waals surface area contributed by atoms with Crippen LogP contribution in [-0.2, 0) is 11.2 Å². The van der Waals surface area contributed by atoms with E-state index < -0.39 is 5.91 Å². The maximum absolute atomic E-state index is 12.1. The molecule has 0 atom stereocenters. The van der Waals surface area contributed by atoms with E-state index in [9.17, 15) is 9.59 Å². The molecule has 9 nitrogen and oxygen atoms in total. The van der Waals surface area contributed by atoms with Crippen molar-refractivity contribution < 1.29 is 19.1 Å². The van der Waals surface area contributed by atoms with Crippen LogP contribution in [-0.4, -0.2) is 47.5 Å². The van der Waals surface area contributed by atoms with Crippen molar-refractivity contribution >= 4 is 27.7 Å². The number of carbonyl (C=O) groups excluding carboxylic acids is 2. The van der Waals surface area contributed by atoms with Crippen LogP contribution in [0.3, 0.4) is 0 Å². The number of primary amides is 1. The number of hydrogen-bond donors (Lipinski definition) is 3. The number of H-pyrrole nitrogens is 1. The minimum Gasteiger partial charge on any atom is -0.493 e. The van der Waals surface area contributed by atoms with Crippen molar-refractivity contribution in [3.63, 3.8) is 0 Å². The van der Waals surface area contributed by atoms with Gasteiger partial charge in [-0.25, -0.2) is 0 Å². The minimum atomic E-state index is -0.711. The molecule has 1 heterocycles.